The van der Waals surface area contributed by atoms with Crippen molar-refractivity contribution in [3.05, 3.63) is 108 Å². The van der Waals surface area contributed by atoms with Crippen LogP contribution >= 0.6 is 0 Å². The zero-order chi connectivity index (χ0) is 22.3. The number of benzene rings is 3. The van der Waals surface area contributed by atoms with Crippen molar-refractivity contribution in [3.63, 3.8) is 0 Å². The highest BCUT2D eigenvalue weighted by Gasteiger charge is 2.15. The molecule has 4 rings (SSSR count). The van der Waals surface area contributed by atoms with Crippen molar-refractivity contribution in [1.82, 2.24) is 15.1 Å². The van der Waals surface area contributed by atoms with Crippen LogP contribution in [0.25, 0.3) is 11.3 Å². The van der Waals surface area contributed by atoms with Gasteiger partial charge in [0.05, 0.1) is 18.8 Å². The lowest BCUT2D eigenvalue weighted by molar-refractivity contribution is -0.115. The van der Waals surface area contributed by atoms with Crippen LogP contribution in [0.1, 0.15) is 21.5 Å². The van der Waals surface area contributed by atoms with Crippen molar-refractivity contribution >= 4 is 17.6 Å². The smallest absolute Gasteiger partial charge is 0.251 e. The van der Waals surface area contributed by atoms with Gasteiger partial charge in [0.2, 0.25) is 5.91 Å². The minimum absolute atomic E-state index is 0.135. The molecule has 0 saturated heterocycles. The lowest BCUT2D eigenvalue weighted by Crippen LogP contribution is -2.33. The van der Waals surface area contributed by atoms with Gasteiger partial charge in [0.25, 0.3) is 5.91 Å². The molecule has 4 aromatic rings. The molecule has 0 aliphatic carbocycles. The topological polar surface area (TPSA) is 76.0 Å². The summed E-state index contributed by atoms with van der Waals surface area (Å²) >= 11 is 0. The van der Waals surface area contributed by atoms with Crippen molar-refractivity contribution in [2.75, 3.05) is 11.9 Å². The highest BCUT2D eigenvalue weighted by atomic mass is 16.2. The molecule has 32 heavy (non-hydrogen) atoms. The van der Waals surface area contributed by atoms with Gasteiger partial charge in [0, 0.05) is 17.2 Å². The Labute approximate surface area is 186 Å². The molecular weight excluding hydrogens is 400 g/mol. The molecule has 2 amide bonds. The summed E-state index contributed by atoms with van der Waals surface area (Å²) in [6, 6.07) is 28.6. The highest BCUT2D eigenvalue weighted by molar-refractivity contribution is 5.99. The van der Waals surface area contributed by atoms with Gasteiger partial charge in [-0.25, -0.2) is 4.68 Å². The molecule has 0 saturated carbocycles. The van der Waals surface area contributed by atoms with E-state index in [1.54, 1.807) is 28.9 Å². The summed E-state index contributed by atoms with van der Waals surface area (Å²) in [4.78, 5) is 24.8. The van der Waals surface area contributed by atoms with Crippen molar-refractivity contribution in [1.29, 1.82) is 0 Å². The van der Waals surface area contributed by atoms with E-state index in [2.05, 4.69) is 10.6 Å². The molecule has 0 atom stereocenters. The summed E-state index contributed by atoms with van der Waals surface area (Å²) in [6.45, 7) is 2.41. The average Bonchev–Trinajstić information content (AvgIpc) is 3.20. The first-order valence-electron chi connectivity index (χ1n) is 10.4. The monoisotopic (exact) mass is 424 g/mol. The number of carbonyl (C=O) groups is 2. The molecule has 0 spiro atoms. The maximum atomic E-state index is 12.6. The molecule has 0 aliphatic rings. The summed E-state index contributed by atoms with van der Waals surface area (Å²) in [5, 5.41) is 10.3. The Morgan fingerprint density at radius 3 is 2.25 bits per heavy atom. The van der Waals surface area contributed by atoms with Crippen LogP contribution < -0.4 is 10.6 Å². The number of rotatable bonds is 7. The van der Waals surface area contributed by atoms with Crippen molar-refractivity contribution in [2.45, 2.75) is 13.5 Å². The van der Waals surface area contributed by atoms with E-state index in [0.717, 1.165) is 22.4 Å². The summed E-state index contributed by atoms with van der Waals surface area (Å²) in [5.41, 5.74) is 4.47. The fourth-order valence-electron chi connectivity index (χ4n) is 3.43. The number of nitrogens with zero attached hydrogens (tertiary/aromatic N) is 2. The number of hydrogen-bond donors (Lipinski definition) is 2. The minimum atomic E-state index is -0.320. The fourth-order valence-corrected chi connectivity index (χ4v) is 3.43. The summed E-state index contributed by atoms with van der Waals surface area (Å²) in [5.74, 6) is -0.0370. The average molecular weight is 425 g/mol. The third-order valence-electron chi connectivity index (χ3n) is 5.09. The SMILES string of the molecule is Cc1ccccc1-c1cc(NC(=O)CNC(=O)c2ccccc2)n(Cc2ccccc2)n1. The second-order valence-corrected chi connectivity index (χ2v) is 7.47. The molecule has 160 valence electrons. The van der Waals surface area contributed by atoms with Crippen LogP contribution in [0.4, 0.5) is 5.82 Å². The van der Waals surface area contributed by atoms with E-state index in [-0.39, 0.29) is 18.4 Å². The summed E-state index contributed by atoms with van der Waals surface area (Å²) in [6.07, 6.45) is 0. The molecule has 6 heteroatoms. The zero-order valence-electron chi connectivity index (χ0n) is 17.8. The second-order valence-electron chi connectivity index (χ2n) is 7.47. The molecular formula is C26H24N4O2. The summed E-state index contributed by atoms with van der Waals surface area (Å²) in [7, 11) is 0. The number of carbonyl (C=O) groups excluding carboxylic acids is 2. The summed E-state index contributed by atoms with van der Waals surface area (Å²) < 4.78 is 1.77. The van der Waals surface area contributed by atoms with Gasteiger partial charge in [0.1, 0.15) is 5.82 Å². The first-order valence-corrected chi connectivity index (χ1v) is 10.4. The molecule has 0 aliphatic heterocycles. The number of aryl methyl sites for hydroxylation is 1. The van der Waals surface area contributed by atoms with Gasteiger partial charge in [-0.1, -0.05) is 72.8 Å². The Balaban J connectivity index is 1.52. The Morgan fingerprint density at radius 1 is 0.875 bits per heavy atom. The molecule has 0 bridgehead atoms. The van der Waals surface area contributed by atoms with Gasteiger partial charge < -0.3 is 10.6 Å². The predicted octanol–water partition coefficient (Wildman–Crippen LogP) is 4.28. The normalized spacial score (nSPS) is 10.5. The quantitative estimate of drug-likeness (QED) is 0.465. The molecule has 0 radical (unpaired) electrons. The molecule has 6 nitrogen and oxygen atoms in total. The molecule has 0 fully saturated rings. The van der Waals surface area contributed by atoms with E-state index in [0.29, 0.717) is 17.9 Å². The van der Waals surface area contributed by atoms with E-state index in [4.69, 9.17) is 5.10 Å². The van der Waals surface area contributed by atoms with Gasteiger partial charge in [-0.2, -0.15) is 5.10 Å². The van der Waals surface area contributed by atoms with Crippen molar-refractivity contribution in [3.8, 4) is 11.3 Å². The van der Waals surface area contributed by atoms with Crippen LogP contribution in [0.5, 0.6) is 0 Å². The van der Waals surface area contributed by atoms with Crippen LogP contribution in [0.15, 0.2) is 91.0 Å². The first-order chi connectivity index (χ1) is 15.6. The third kappa shape index (κ3) is 5.10. The molecule has 1 aromatic heterocycles. The maximum Gasteiger partial charge on any atom is 0.251 e. The van der Waals surface area contributed by atoms with E-state index in [1.165, 1.54) is 0 Å². The number of anilines is 1. The first kappa shape index (κ1) is 21.1. The fraction of sp³-hybridized carbons (Fsp3) is 0.115. The number of aromatic nitrogens is 2. The van der Waals surface area contributed by atoms with Crippen LogP contribution in [-0.2, 0) is 11.3 Å². The lowest BCUT2D eigenvalue weighted by Gasteiger charge is -2.10. The highest BCUT2D eigenvalue weighted by Crippen LogP contribution is 2.25. The Bertz CT molecular complexity index is 1220. The Hall–Kier alpha value is -4.19. The Morgan fingerprint density at radius 2 is 1.53 bits per heavy atom. The molecule has 2 N–H and O–H groups in total. The molecule has 0 unspecified atom stereocenters. The van der Waals surface area contributed by atoms with Gasteiger partial charge in [-0.3, -0.25) is 9.59 Å². The standard InChI is InChI=1S/C26H24N4O2/c1-19-10-8-9-15-22(19)23-16-24(30(29-23)18-20-11-4-2-5-12-20)28-25(31)17-27-26(32)21-13-6-3-7-14-21/h2-16H,17-18H2,1H3,(H,27,32)(H,28,31). The second kappa shape index (κ2) is 9.75. The van der Waals surface area contributed by atoms with E-state index >= 15 is 0 Å². The minimum Gasteiger partial charge on any atom is -0.343 e. The van der Waals surface area contributed by atoms with Crippen LogP contribution in [0.2, 0.25) is 0 Å². The van der Waals surface area contributed by atoms with Gasteiger partial charge in [0.15, 0.2) is 0 Å². The number of amides is 2. The lowest BCUT2D eigenvalue weighted by atomic mass is 10.1. The number of hydrogen-bond acceptors (Lipinski definition) is 3. The van der Waals surface area contributed by atoms with Crippen LogP contribution in [-0.4, -0.2) is 28.1 Å². The van der Waals surface area contributed by atoms with E-state index in [1.807, 2.05) is 73.7 Å². The van der Waals surface area contributed by atoms with E-state index in [9.17, 15) is 9.59 Å². The zero-order valence-corrected chi connectivity index (χ0v) is 17.8. The van der Waals surface area contributed by atoms with Gasteiger partial charge >= 0.3 is 0 Å². The van der Waals surface area contributed by atoms with Gasteiger partial charge in [-0.05, 0) is 30.2 Å². The van der Waals surface area contributed by atoms with Crippen molar-refractivity contribution in [2.24, 2.45) is 0 Å². The predicted molar refractivity (Wildman–Crippen MR) is 125 cm³/mol. The van der Waals surface area contributed by atoms with E-state index < -0.39 is 0 Å². The third-order valence-corrected chi connectivity index (χ3v) is 5.09. The van der Waals surface area contributed by atoms with Crippen molar-refractivity contribution < 1.29 is 9.59 Å². The van der Waals surface area contributed by atoms with Gasteiger partial charge in [-0.15, -0.1) is 0 Å². The van der Waals surface area contributed by atoms with Crippen LogP contribution in [0.3, 0.4) is 0 Å². The largest absolute Gasteiger partial charge is 0.343 e. The molecule has 3 aromatic carbocycles. The Kier molecular flexibility index (Phi) is 6.41. The maximum absolute atomic E-state index is 12.6. The number of nitrogens with one attached hydrogen (secondary N) is 2. The molecule has 1 heterocycles. The van der Waals surface area contributed by atoms with Crippen LogP contribution in [0, 0.1) is 6.92 Å².